The van der Waals surface area contributed by atoms with E-state index in [0.29, 0.717) is 6.42 Å². The number of amidine groups is 1. The van der Waals surface area contributed by atoms with Crippen molar-refractivity contribution in [3.63, 3.8) is 0 Å². The lowest BCUT2D eigenvalue weighted by Crippen LogP contribution is -2.51. The molecule has 0 bridgehead atoms. The van der Waals surface area contributed by atoms with E-state index in [4.69, 9.17) is 10.7 Å². The van der Waals surface area contributed by atoms with Crippen LogP contribution in [0.5, 0.6) is 0 Å². The molecule has 0 amide bonds. The van der Waals surface area contributed by atoms with Crippen molar-refractivity contribution < 1.29 is 0 Å². The second-order valence-electron chi connectivity index (χ2n) is 8.50. The number of anilines is 2. The third-order valence-electron chi connectivity index (χ3n) is 5.42. The summed E-state index contributed by atoms with van der Waals surface area (Å²) < 4.78 is 0. The Bertz CT molecular complexity index is 965. The Morgan fingerprint density at radius 2 is 1.77 bits per heavy atom. The van der Waals surface area contributed by atoms with Crippen LogP contribution in [0, 0.1) is 6.92 Å². The van der Waals surface area contributed by atoms with E-state index < -0.39 is 5.79 Å². The lowest BCUT2D eigenvalue weighted by Gasteiger charge is -2.36. The van der Waals surface area contributed by atoms with Crippen molar-refractivity contribution in [2.45, 2.75) is 52.7 Å². The molecule has 1 unspecified atom stereocenters. The first-order valence-electron chi connectivity index (χ1n) is 10.6. The number of aliphatic imine (C=N–C) groups is 1. The number of hydrogen-bond donors (Lipinski definition) is 2. The Morgan fingerprint density at radius 3 is 2.47 bits per heavy atom. The summed E-state index contributed by atoms with van der Waals surface area (Å²) in [6.07, 6.45) is 7.22. The van der Waals surface area contributed by atoms with Crippen LogP contribution in [0.3, 0.4) is 0 Å². The number of rotatable bonds is 6. The summed E-state index contributed by atoms with van der Waals surface area (Å²) in [6.45, 7) is 8.54. The normalized spacial score (nSPS) is 18.2. The zero-order chi connectivity index (χ0) is 21.7. The monoisotopic (exact) mass is 402 g/mol. The molecule has 0 radical (unpaired) electrons. The van der Waals surface area contributed by atoms with Gasteiger partial charge in [0, 0.05) is 30.4 Å². The van der Waals surface area contributed by atoms with E-state index >= 15 is 0 Å². The van der Waals surface area contributed by atoms with Crippen LogP contribution in [0.15, 0.2) is 76.8 Å². The molecule has 4 nitrogen and oxygen atoms in total. The third kappa shape index (κ3) is 5.39. The fourth-order valence-corrected chi connectivity index (χ4v) is 3.56. The van der Waals surface area contributed by atoms with Crippen LogP contribution in [-0.2, 0) is 0 Å². The minimum atomic E-state index is -0.875. The average Bonchev–Trinajstić information content (AvgIpc) is 2.71. The Labute approximate surface area is 181 Å². The predicted octanol–water partition coefficient (Wildman–Crippen LogP) is 6.00. The molecule has 0 fully saturated rings. The highest BCUT2D eigenvalue weighted by Crippen LogP contribution is 2.30. The molecule has 1 heterocycles. The van der Waals surface area contributed by atoms with Gasteiger partial charge in [-0.15, -0.1) is 0 Å². The van der Waals surface area contributed by atoms with Gasteiger partial charge in [-0.3, -0.25) is 5.73 Å². The molecule has 0 saturated heterocycles. The number of para-hydroxylation sites is 1. The van der Waals surface area contributed by atoms with Crippen molar-refractivity contribution in [1.29, 1.82) is 0 Å². The van der Waals surface area contributed by atoms with Crippen LogP contribution in [0.25, 0.3) is 0 Å². The van der Waals surface area contributed by atoms with Gasteiger partial charge in [-0.1, -0.05) is 53.1 Å². The molecule has 0 spiro atoms. The summed E-state index contributed by atoms with van der Waals surface area (Å²) >= 11 is 0. The maximum absolute atomic E-state index is 6.75. The summed E-state index contributed by atoms with van der Waals surface area (Å²) in [5.41, 5.74) is 13.8. The van der Waals surface area contributed by atoms with Crippen LogP contribution >= 0.6 is 0 Å². The van der Waals surface area contributed by atoms with E-state index in [1.165, 1.54) is 16.7 Å². The number of allylic oxidation sites excluding steroid dienone is 3. The van der Waals surface area contributed by atoms with Crippen LogP contribution in [0.2, 0.25) is 0 Å². The highest BCUT2D eigenvalue weighted by molar-refractivity contribution is 6.14. The van der Waals surface area contributed by atoms with E-state index in [-0.39, 0.29) is 0 Å². The molecule has 158 valence electrons. The molecule has 3 rings (SSSR count). The second-order valence-corrected chi connectivity index (χ2v) is 8.50. The fraction of sp³-hybridized carbons (Fsp3) is 0.346. The molecule has 4 heteroatoms. The van der Waals surface area contributed by atoms with Gasteiger partial charge in [0.2, 0.25) is 0 Å². The van der Waals surface area contributed by atoms with Gasteiger partial charge in [-0.2, -0.15) is 0 Å². The minimum Gasteiger partial charge on any atom is -0.348 e. The summed E-state index contributed by atoms with van der Waals surface area (Å²) in [4.78, 5) is 7.10. The van der Waals surface area contributed by atoms with Crippen molar-refractivity contribution in [3.8, 4) is 0 Å². The van der Waals surface area contributed by atoms with Crippen molar-refractivity contribution in [3.05, 3.63) is 83.0 Å². The van der Waals surface area contributed by atoms with Gasteiger partial charge in [-0.25, -0.2) is 4.99 Å². The molecular formula is C26H34N4. The Morgan fingerprint density at radius 1 is 1.07 bits per heavy atom. The lowest BCUT2D eigenvalue weighted by atomic mass is 10.0. The largest absolute Gasteiger partial charge is 0.348 e. The smallest absolute Gasteiger partial charge is 0.188 e. The first-order valence-corrected chi connectivity index (χ1v) is 10.6. The molecule has 1 aliphatic rings. The van der Waals surface area contributed by atoms with Crippen LogP contribution < -0.4 is 16.0 Å². The molecule has 2 aromatic carbocycles. The highest BCUT2D eigenvalue weighted by atomic mass is 15.3. The quantitative estimate of drug-likeness (QED) is 0.583. The molecule has 2 aromatic rings. The van der Waals surface area contributed by atoms with E-state index in [9.17, 15) is 0 Å². The Kier molecular flexibility index (Phi) is 6.78. The van der Waals surface area contributed by atoms with Gasteiger partial charge in [0.05, 0.1) is 0 Å². The van der Waals surface area contributed by atoms with Crippen LogP contribution in [0.1, 0.15) is 51.2 Å². The first kappa shape index (κ1) is 21.8. The molecule has 0 aromatic heterocycles. The summed E-state index contributed by atoms with van der Waals surface area (Å²) in [5, 5.41) is 3.46. The van der Waals surface area contributed by atoms with E-state index in [1.54, 1.807) is 0 Å². The molecule has 3 N–H and O–H groups in total. The van der Waals surface area contributed by atoms with Gasteiger partial charge in [-0.05, 0) is 64.8 Å². The summed E-state index contributed by atoms with van der Waals surface area (Å²) in [7, 11) is 2.05. The standard InChI is InChI=1S/C26H34N4/c1-19(2)9-8-10-20(3)17-18-26(27)28-24-12-7-6-11-23(24)25(29-26)30(5)22-15-13-21(4)14-16-22/h6-7,9,11-17,28H,8,10,18,27H2,1-5H3. The highest BCUT2D eigenvalue weighted by Gasteiger charge is 2.31. The molecule has 1 atom stereocenters. The predicted molar refractivity (Wildman–Crippen MR) is 130 cm³/mol. The number of benzene rings is 2. The SMILES string of the molecule is CC(C)=CCCC(C)=CCC1(N)N=C(N(C)c2ccc(C)cc2)c2ccccc2N1. The molecule has 0 saturated carbocycles. The Hall–Kier alpha value is -2.85. The van der Waals surface area contributed by atoms with Crippen molar-refractivity contribution in [1.82, 2.24) is 0 Å². The van der Waals surface area contributed by atoms with Crippen molar-refractivity contribution in [2.75, 3.05) is 17.3 Å². The summed E-state index contributed by atoms with van der Waals surface area (Å²) in [5.74, 6) is 0.00624. The average molecular weight is 403 g/mol. The zero-order valence-electron chi connectivity index (χ0n) is 18.9. The van der Waals surface area contributed by atoms with Gasteiger partial charge in [0.25, 0.3) is 0 Å². The molecule has 1 aliphatic heterocycles. The van der Waals surface area contributed by atoms with E-state index in [2.05, 4.69) is 86.5 Å². The Balaban J connectivity index is 1.87. The number of aryl methyl sites for hydroxylation is 1. The van der Waals surface area contributed by atoms with Gasteiger partial charge < -0.3 is 10.2 Å². The summed E-state index contributed by atoms with van der Waals surface area (Å²) in [6, 6.07) is 16.7. The zero-order valence-corrected chi connectivity index (χ0v) is 18.9. The molecule has 30 heavy (non-hydrogen) atoms. The van der Waals surface area contributed by atoms with Gasteiger partial charge >= 0.3 is 0 Å². The van der Waals surface area contributed by atoms with Crippen LogP contribution in [-0.4, -0.2) is 18.7 Å². The number of hydrogen-bond acceptors (Lipinski definition) is 4. The fourth-order valence-electron chi connectivity index (χ4n) is 3.56. The van der Waals surface area contributed by atoms with Gasteiger partial charge in [0.15, 0.2) is 5.79 Å². The van der Waals surface area contributed by atoms with E-state index in [0.717, 1.165) is 35.6 Å². The number of nitrogens with zero attached hydrogens (tertiary/aromatic N) is 2. The van der Waals surface area contributed by atoms with E-state index in [1.807, 2.05) is 19.2 Å². The molecule has 0 aliphatic carbocycles. The maximum atomic E-state index is 6.75. The number of fused-ring (bicyclic) bond motifs is 1. The first-order chi connectivity index (χ1) is 14.3. The molecular weight excluding hydrogens is 368 g/mol. The maximum Gasteiger partial charge on any atom is 0.188 e. The van der Waals surface area contributed by atoms with Crippen molar-refractivity contribution in [2.24, 2.45) is 10.7 Å². The number of nitrogens with two attached hydrogens (primary N) is 1. The lowest BCUT2D eigenvalue weighted by molar-refractivity contribution is 0.510. The van der Waals surface area contributed by atoms with Crippen LogP contribution in [0.4, 0.5) is 11.4 Å². The minimum absolute atomic E-state index is 0.632. The second kappa shape index (κ2) is 9.31. The number of nitrogens with one attached hydrogen (secondary N) is 1. The third-order valence-corrected chi connectivity index (χ3v) is 5.42. The van der Waals surface area contributed by atoms with Gasteiger partial charge in [0.1, 0.15) is 5.84 Å². The topological polar surface area (TPSA) is 53.6 Å². The van der Waals surface area contributed by atoms with Crippen molar-refractivity contribution >= 4 is 17.2 Å².